The molecule has 9 heteroatoms. The summed E-state index contributed by atoms with van der Waals surface area (Å²) in [6.07, 6.45) is 2.33. The fourth-order valence-electron chi connectivity index (χ4n) is 2.59. The molecule has 0 saturated heterocycles. The summed E-state index contributed by atoms with van der Waals surface area (Å²) in [5.74, 6) is 0.536. The largest absolute Gasteiger partial charge is 0.385 e. The number of nitrogens with zero attached hydrogens (tertiary/aromatic N) is 3. The molecular formula is C20H20BrN5O2S. The van der Waals surface area contributed by atoms with E-state index in [-0.39, 0.29) is 5.91 Å². The third-order valence-electron chi connectivity index (χ3n) is 4.12. The highest BCUT2D eigenvalue weighted by Gasteiger charge is 2.19. The Balaban J connectivity index is 1.73. The highest BCUT2D eigenvalue weighted by molar-refractivity contribution is 9.10. The number of hydrogen-bond donors (Lipinski definition) is 2. The number of amides is 1. The molecule has 3 N–H and O–H groups in total. The van der Waals surface area contributed by atoms with Crippen molar-refractivity contribution in [1.29, 1.82) is 0 Å². The molecule has 0 radical (unpaired) electrons. The lowest BCUT2D eigenvalue weighted by Gasteiger charge is -2.17. The fraction of sp³-hybridized carbons (Fsp3) is 0.200. The standard InChI is InChI=1S/C20H20BrN5O2S/c1-13(19(28)24-17-8-7-15(21)12-23-17)29-20-25-18(27)11-16(22)26(20)10-9-14-5-3-2-4-6-14/h2-8,11-13H,9-10,22H2,1H3,(H,23,24,28)/t13-/m1/s1. The number of carbonyl (C=O) groups is 1. The summed E-state index contributed by atoms with van der Waals surface area (Å²) >= 11 is 4.49. The number of halogens is 1. The van der Waals surface area contributed by atoms with E-state index in [1.165, 1.54) is 17.8 Å². The average Bonchev–Trinajstić information content (AvgIpc) is 2.69. The van der Waals surface area contributed by atoms with Gasteiger partial charge in [0.25, 0.3) is 5.56 Å². The molecule has 1 aromatic carbocycles. The fourth-order valence-corrected chi connectivity index (χ4v) is 3.77. The van der Waals surface area contributed by atoms with Crippen LogP contribution in [0.2, 0.25) is 0 Å². The number of pyridine rings is 1. The van der Waals surface area contributed by atoms with Gasteiger partial charge in [0, 0.05) is 23.3 Å². The minimum atomic E-state index is -0.503. The highest BCUT2D eigenvalue weighted by Crippen LogP contribution is 2.24. The van der Waals surface area contributed by atoms with Gasteiger partial charge in [-0.3, -0.25) is 9.59 Å². The molecule has 0 aliphatic carbocycles. The Hall–Kier alpha value is -2.65. The molecule has 3 aromatic rings. The molecule has 29 heavy (non-hydrogen) atoms. The summed E-state index contributed by atoms with van der Waals surface area (Å²) in [5.41, 5.74) is 6.79. The van der Waals surface area contributed by atoms with Gasteiger partial charge < -0.3 is 15.6 Å². The zero-order valence-corrected chi connectivity index (χ0v) is 18.1. The van der Waals surface area contributed by atoms with Crippen molar-refractivity contribution in [1.82, 2.24) is 14.5 Å². The summed E-state index contributed by atoms with van der Waals surface area (Å²) in [7, 11) is 0. The predicted molar refractivity (Wildman–Crippen MR) is 119 cm³/mol. The Morgan fingerprint density at radius 3 is 2.72 bits per heavy atom. The van der Waals surface area contributed by atoms with Gasteiger partial charge >= 0.3 is 0 Å². The van der Waals surface area contributed by atoms with Gasteiger partial charge in [-0.2, -0.15) is 4.98 Å². The molecule has 3 rings (SSSR count). The van der Waals surface area contributed by atoms with Crippen LogP contribution in [0.1, 0.15) is 12.5 Å². The number of aromatic nitrogens is 3. The Bertz CT molecular complexity index is 1040. The summed E-state index contributed by atoms with van der Waals surface area (Å²) < 4.78 is 2.59. The van der Waals surface area contributed by atoms with E-state index < -0.39 is 10.8 Å². The molecule has 1 amide bonds. The maximum atomic E-state index is 12.5. The van der Waals surface area contributed by atoms with Crippen LogP contribution in [-0.2, 0) is 17.8 Å². The number of anilines is 2. The number of thioether (sulfide) groups is 1. The van der Waals surface area contributed by atoms with Crippen molar-refractivity contribution < 1.29 is 4.79 Å². The van der Waals surface area contributed by atoms with Gasteiger partial charge in [0.1, 0.15) is 11.6 Å². The number of nitrogen functional groups attached to an aromatic ring is 1. The maximum absolute atomic E-state index is 12.5. The van der Waals surface area contributed by atoms with Crippen LogP contribution >= 0.6 is 27.7 Å². The van der Waals surface area contributed by atoms with E-state index in [1.54, 1.807) is 29.8 Å². The van der Waals surface area contributed by atoms with Gasteiger partial charge in [-0.1, -0.05) is 42.1 Å². The lowest BCUT2D eigenvalue weighted by molar-refractivity contribution is -0.115. The van der Waals surface area contributed by atoms with Crippen molar-refractivity contribution in [2.24, 2.45) is 0 Å². The SMILES string of the molecule is C[C@@H](Sc1nc(=O)cc(N)n1CCc1ccccc1)C(=O)Nc1ccc(Br)cn1. The number of hydrogen-bond acceptors (Lipinski definition) is 6. The molecule has 2 aromatic heterocycles. The van der Waals surface area contributed by atoms with E-state index in [4.69, 9.17) is 5.73 Å². The molecule has 0 aliphatic heterocycles. The Kier molecular flexibility index (Phi) is 7.05. The highest BCUT2D eigenvalue weighted by atomic mass is 79.9. The zero-order valence-electron chi connectivity index (χ0n) is 15.7. The first-order valence-corrected chi connectivity index (χ1v) is 10.6. The van der Waals surface area contributed by atoms with Crippen LogP contribution in [0.25, 0.3) is 0 Å². The van der Waals surface area contributed by atoms with Gasteiger partial charge in [0.2, 0.25) is 5.91 Å². The summed E-state index contributed by atoms with van der Waals surface area (Å²) in [4.78, 5) is 32.6. The molecule has 1 atom stereocenters. The molecule has 0 spiro atoms. The van der Waals surface area contributed by atoms with Crippen LogP contribution in [0.15, 0.2) is 69.2 Å². The number of nitrogens with two attached hydrogens (primary N) is 1. The second kappa shape index (κ2) is 9.71. The zero-order chi connectivity index (χ0) is 20.8. The van der Waals surface area contributed by atoms with Gasteiger partial charge in [-0.15, -0.1) is 0 Å². The first-order valence-electron chi connectivity index (χ1n) is 8.93. The molecule has 2 heterocycles. The van der Waals surface area contributed by atoms with E-state index in [1.807, 2.05) is 30.3 Å². The molecule has 0 bridgehead atoms. The minimum Gasteiger partial charge on any atom is -0.385 e. The maximum Gasteiger partial charge on any atom is 0.275 e. The van der Waals surface area contributed by atoms with Gasteiger partial charge in [0.05, 0.1) is 5.25 Å². The van der Waals surface area contributed by atoms with Crippen molar-refractivity contribution in [2.45, 2.75) is 30.3 Å². The smallest absolute Gasteiger partial charge is 0.275 e. The lowest BCUT2D eigenvalue weighted by atomic mass is 10.1. The third kappa shape index (κ3) is 5.91. The first kappa shape index (κ1) is 21.1. The van der Waals surface area contributed by atoms with E-state index in [2.05, 4.69) is 31.2 Å². The van der Waals surface area contributed by atoms with Crippen molar-refractivity contribution in [2.75, 3.05) is 11.1 Å². The number of aryl methyl sites for hydroxylation is 1. The van der Waals surface area contributed by atoms with Crippen LogP contribution < -0.4 is 16.6 Å². The molecule has 7 nitrogen and oxygen atoms in total. The van der Waals surface area contributed by atoms with E-state index >= 15 is 0 Å². The average molecular weight is 474 g/mol. The van der Waals surface area contributed by atoms with Crippen LogP contribution in [0.4, 0.5) is 11.6 Å². The van der Waals surface area contributed by atoms with Gasteiger partial charge in [-0.05, 0) is 47.0 Å². The third-order valence-corrected chi connectivity index (χ3v) is 5.68. The molecule has 0 aliphatic rings. The van der Waals surface area contributed by atoms with Crippen molar-refractivity contribution in [3.63, 3.8) is 0 Å². The number of nitrogens with one attached hydrogen (secondary N) is 1. The topological polar surface area (TPSA) is 103 Å². The minimum absolute atomic E-state index is 0.240. The second-order valence-electron chi connectivity index (χ2n) is 6.30. The van der Waals surface area contributed by atoms with E-state index in [0.29, 0.717) is 23.3 Å². The van der Waals surface area contributed by atoms with E-state index in [9.17, 15) is 9.59 Å². The molecule has 0 fully saturated rings. The number of carbonyl (C=O) groups excluding carboxylic acids is 1. The van der Waals surface area contributed by atoms with Crippen molar-refractivity contribution in [3.05, 3.63) is 75.1 Å². The van der Waals surface area contributed by atoms with Gasteiger partial charge in [0.15, 0.2) is 5.16 Å². The van der Waals surface area contributed by atoms with Gasteiger partial charge in [-0.25, -0.2) is 4.98 Å². The molecule has 0 unspecified atom stereocenters. The monoisotopic (exact) mass is 473 g/mol. The van der Waals surface area contributed by atoms with E-state index in [0.717, 1.165) is 16.5 Å². The van der Waals surface area contributed by atoms with Crippen LogP contribution in [0, 0.1) is 0 Å². The second-order valence-corrected chi connectivity index (χ2v) is 8.52. The summed E-state index contributed by atoms with van der Waals surface area (Å²) in [5, 5.41) is 2.67. The molecule has 150 valence electrons. The Morgan fingerprint density at radius 2 is 2.03 bits per heavy atom. The molecule has 0 saturated carbocycles. The Morgan fingerprint density at radius 1 is 1.28 bits per heavy atom. The number of rotatable bonds is 7. The quantitative estimate of drug-likeness (QED) is 0.402. The van der Waals surface area contributed by atoms with Crippen molar-refractivity contribution >= 4 is 45.2 Å². The number of benzene rings is 1. The normalized spacial score (nSPS) is 11.8. The summed E-state index contributed by atoms with van der Waals surface area (Å²) in [6, 6.07) is 14.8. The van der Waals surface area contributed by atoms with Crippen LogP contribution in [0.3, 0.4) is 0 Å². The van der Waals surface area contributed by atoms with Crippen LogP contribution in [-0.4, -0.2) is 25.7 Å². The van der Waals surface area contributed by atoms with Crippen molar-refractivity contribution in [3.8, 4) is 0 Å². The molecular weight excluding hydrogens is 454 g/mol. The predicted octanol–water partition coefficient (Wildman–Crippen LogP) is 3.35. The summed E-state index contributed by atoms with van der Waals surface area (Å²) in [6.45, 7) is 2.30. The first-order chi connectivity index (χ1) is 13.9. The lowest BCUT2D eigenvalue weighted by Crippen LogP contribution is -2.25. The van der Waals surface area contributed by atoms with Crippen LogP contribution in [0.5, 0.6) is 0 Å². The Labute approximate surface area is 180 Å².